The zero-order chi connectivity index (χ0) is 19.4. The number of halogens is 1. The molecule has 0 saturated heterocycles. The lowest BCUT2D eigenvalue weighted by atomic mass is 10.1. The molecule has 0 aliphatic carbocycles. The third-order valence-electron chi connectivity index (χ3n) is 4.32. The fourth-order valence-corrected chi connectivity index (χ4v) is 3.26. The summed E-state index contributed by atoms with van der Waals surface area (Å²) in [4.78, 5) is 15.5. The molecular formula is C20H21ClN2O4. The van der Waals surface area contributed by atoms with Gasteiger partial charge in [-0.1, -0.05) is 17.7 Å². The van der Waals surface area contributed by atoms with Crippen LogP contribution < -0.4 is 19.5 Å². The van der Waals surface area contributed by atoms with Crippen molar-refractivity contribution in [2.24, 2.45) is 0 Å². The highest BCUT2D eigenvalue weighted by Gasteiger charge is 2.19. The van der Waals surface area contributed by atoms with Gasteiger partial charge >= 0.3 is 0 Å². The van der Waals surface area contributed by atoms with Gasteiger partial charge in [0, 0.05) is 34.8 Å². The van der Waals surface area contributed by atoms with Crippen LogP contribution in [-0.4, -0.2) is 38.8 Å². The van der Waals surface area contributed by atoms with E-state index in [1.165, 1.54) is 0 Å². The first-order chi connectivity index (χ1) is 13.1. The first-order valence-corrected chi connectivity index (χ1v) is 8.79. The van der Waals surface area contributed by atoms with Crippen LogP contribution in [0.25, 0.3) is 10.9 Å². The predicted octanol–water partition coefficient (Wildman–Crippen LogP) is 3.82. The monoisotopic (exact) mass is 388 g/mol. The fraction of sp³-hybridized carbons (Fsp3) is 0.250. The number of carbonyl (C=O) groups is 1. The first-order valence-electron chi connectivity index (χ1n) is 8.41. The molecule has 3 rings (SSSR count). The minimum atomic E-state index is -0.163. The number of hydrogen-bond donors (Lipinski definition) is 2. The van der Waals surface area contributed by atoms with Gasteiger partial charge < -0.3 is 24.5 Å². The number of carbonyl (C=O) groups excluding carboxylic acids is 1. The molecule has 1 amide bonds. The van der Waals surface area contributed by atoms with Crippen molar-refractivity contribution in [2.75, 3.05) is 27.9 Å². The Morgan fingerprint density at radius 2 is 1.89 bits per heavy atom. The third-order valence-corrected chi connectivity index (χ3v) is 4.55. The van der Waals surface area contributed by atoms with Gasteiger partial charge in [-0.15, -0.1) is 0 Å². The highest BCUT2D eigenvalue weighted by atomic mass is 35.5. The van der Waals surface area contributed by atoms with E-state index in [4.69, 9.17) is 25.8 Å². The SMILES string of the molecule is COc1cc2[nH]cc(CCNC(=O)c3cccc(Cl)c3)c2c(OC)c1OC. The average molecular weight is 389 g/mol. The van der Waals surface area contributed by atoms with Crippen molar-refractivity contribution in [1.82, 2.24) is 10.3 Å². The van der Waals surface area contributed by atoms with Gasteiger partial charge in [-0.2, -0.15) is 0 Å². The summed E-state index contributed by atoms with van der Waals surface area (Å²) >= 11 is 5.94. The second-order valence-corrected chi connectivity index (χ2v) is 6.33. The lowest BCUT2D eigenvalue weighted by molar-refractivity contribution is 0.0954. The Balaban J connectivity index is 1.80. The number of H-pyrrole nitrogens is 1. The number of aromatic amines is 1. The van der Waals surface area contributed by atoms with Gasteiger partial charge in [0.05, 0.1) is 26.8 Å². The summed E-state index contributed by atoms with van der Waals surface area (Å²) < 4.78 is 16.4. The third kappa shape index (κ3) is 3.80. The molecule has 0 aliphatic rings. The van der Waals surface area contributed by atoms with Crippen molar-refractivity contribution in [1.29, 1.82) is 0 Å². The maximum atomic E-state index is 12.3. The van der Waals surface area contributed by atoms with E-state index in [2.05, 4.69) is 10.3 Å². The number of hydrogen-bond acceptors (Lipinski definition) is 4. The van der Waals surface area contributed by atoms with Gasteiger partial charge in [0.1, 0.15) is 0 Å². The van der Waals surface area contributed by atoms with Gasteiger partial charge in [0.15, 0.2) is 11.5 Å². The smallest absolute Gasteiger partial charge is 0.251 e. The molecule has 0 fully saturated rings. The number of rotatable bonds is 7. The molecule has 3 aromatic rings. The fourth-order valence-electron chi connectivity index (χ4n) is 3.07. The van der Waals surface area contributed by atoms with Gasteiger partial charge in [0.2, 0.25) is 5.75 Å². The molecule has 2 N–H and O–H groups in total. The zero-order valence-electron chi connectivity index (χ0n) is 15.4. The molecule has 0 unspecified atom stereocenters. The second-order valence-electron chi connectivity index (χ2n) is 5.90. The van der Waals surface area contributed by atoms with E-state index in [0.29, 0.717) is 40.8 Å². The number of amides is 1. The first kappa shape index (κ1) is 18.9. The summed E-state index contributed by atoms with van der Waals surface area (Å²) in [5.74, 6) is 1.56. The van der Waals surface area contributed by atoms with Crippen molar-refractivity contribution in [3.8, 4) is 17.2 Å². The van der Waals surface area contributed by atoms with E-state index in [0.717, 1.165) is 16.5 Å². The molecule has 0 spiro atoms. The molecule has 0 bridgehead atoms. The molecule has 1 aromatic heterocycles. The molecule has 27 heavy (non-hydrogen) atoms. The Morgan fingerprint density at radius 1 is 1.11 bits per heavy atom. The van der Waals surface area contributed by atoms with Crippen molar-refractivity contribution in [3.05, 3.63) is 52.7 Å². The van der Waals surface area contributed by atoms with Gasteiger partial charge in [0.25, 0.3) is 5.91 Å². The number of aromatic nitrogens is 1. The molecule has 7 heteroatoms. The normalized spacial score (nSPS) is 10.7. The van der Waals surface area contributed by atoms with E-state index < -0.39 is 0 Å². The van der Waals surface area contributed by atoms with Crippen molar-refractivity contribution in [2.45, 2.75) is 6.42 Å². The Bertz CT molecular complexity index is 968. The molecule has 142 valence electrons. The minimum Gasteiger partial charge on any atom is -0.493 e. The summed E-state index contributed by atoms with van der Waals surface area (Å²) in [5, 5.41) is 4.35. The standard InChI is InChI=1S/C20H21ClN2O4/c1-25-16-10-15-17(19(27-3)18(16)26-2)13(11-23-15)7-8-22-20(24)12-5-4-6-14(21)9-12/h4-6,9-11,23H,7-8H2,1-3H3,(H,22,24). The van der Waals surface area contributed by atoms with Crippen LogP contribution in [0.1, 0.15) is 15.9 Å². The molecular weight excluding hydrogens is 368 g/mol. The maximum Gasteiger partial charge on any atom is 0.251 e. The van der Waals surface area contributed by atoms with Gasteiger partial charge in [-0.25, -0.2) is 0 Å². The van der Waals surface area contributed by atoms with Crippen molar-refractivity contribution in [3.63, 3.8) is 0 Å². The molecule has 1 heterocycles. The summed E-state index contributed by atoms with van der Waals surface area (Å²) in [6.07, 6.45) is 2.52. The summed E-state index contributed by atoms with van der Waals surface area (Å²) in [6, 6.07) is 8.72. The number of benzene rings is 2. The largest absolute Gasteiger partial charge is 0.493 e. The lowest BCUT2D eigenvalue weighted by Gasteiger charge is -2.14. The Morgan fingerprint density at radius 3 is 2.56 bits per heavy atom. The topological polar surface area (TPSA) is 72.6 Å². The van der Waals surface area contributed by atoms with Crippen molar-refractivity contribution >= 4 is 28.4 Å². The van der Waals surface area contributed by atoms with Crippen LogP contribution >= 0.6 is 11.6 Å². The Kier molecular flexibility index (Phi) is 5.76. The van der Waals surface area contributed by atoms with Crippen LogP contribution in [-0.2, 0) is 6.42 Å². The average Bonchev–Trinajstić information content (AvgIpc) is 3.08. The summed E-state index contributed by atoms with van der Waals surface area (Å²) in [6.45, 7) is 0.468. The van der Waals surface area contributed by atoms with E-state index in [1.54, 1.807) is 45.6 Å². The van der Waals surface area contributed by atoms with Crippen LogP contribution in [0.3, 0.4) is 0 Å². The van der Waals surface area contributed by atoms with Crippen LogP contribution in [0.5, 0.6) is 17.2 Å². The van der Waals surface area contributed by atoms with E-state index >= 15 is 0 Å². The van der Waals surface area contributed by atoms with E-state index in [-0.39, 0.29) is 5.91 Å². The number of ether oxygens (including phenoxy) is 3. The highest BCUT2D eigenvalue weighted by molar-refractivity contribution is 6.30. The van der Waals surface area contributed by atoms with Crippen LogP contribution in [0.4, 0.5) is 0 Å². The Labute approximate surface area is 162 Å². The maximum absolute atomic E-state index is 12.3. The lowest BCUT2D eigenvalue weighted by Crippen LogP contribution is -2.25. The quantitative estimate of drug-likeness (QED) is 0.645. The molecule has 0 saturated carbocycles. The van der Waals surface area contributed by atoms with Crippen LogP contribution in [0.15, 0.2) is 36.5 Å². The molecule has 6 nitrogen and oxygen atoms in total. The molecule has 0 radical (unpaired) electrons. The van der Waals surface area contributed by atoms with E-state index in [9.17, 15) is 4.79 Å². The molecule has 2 aromatic carbocycles. The number of nitrogens with one attached hydrogen (secondary N) is 2. The van der Waals surface area contributed by atoms with Crippen LogP contribution in [0, 0.1) is 0 Å². The minimum absolute atomic E-state index is 0.163. The summed E-state index contributed by atoms with van der Waals surface area (Å²) in [5.41, 5.74) is 2.42. The molecule has 0 atom stereocenters. The second kappa shape index (κ2) is 8.22. The number of methoxy groups -OCH3 is 3. The Hall–Kier alpha value is -2.86. The molecule has 0 aliphatic heterocycles. The van der Waals surface area contributed by atoms with E-state index in [1.807, 2.05) is 12.3 Å². The van der Waals surface area contributed by atoms with Gasteiger partial charge in [-0.3, -0.25) is 4.79 Å². The highest BCUT2D eigenvalue weighted by Crippen LogP contribution is 2.44. The van der Waals surface area contributed by atoms with Crippen LogP contribution in [0.2, 0.25) is 5.02 Å². The van der Waals surface area contributed by atoms with Gasteiger partial charge in [-0.05, 0) is 30.2 Å². The summed E-state index contributed by atoms with van der Waals surface area (Å²) in [7, 11) is 4.75. The predicted molar refractivity (Wildman–Crippen MR) is 105 cm³/mol. The zero-order valence-corrected chi connectivity index (χ0v) is 16.1. The number of fused-ring (bicyclic) bond motifs is 1. The van der Waals surface area contributed by atoms with Crippen molar-refractivity contribution < 1.29 is 19.0 Å².